The van der Waals surface area contributed by atoms with Gasteiger partial charge in [0, 0.05) is 4.47 Å². The molecule has 0 saturated heterocycles. The average molecular weight is 286 g/mol. The van der Waals surface area contributed by atoms with E-state index in [1.165, 1.54) is 6.07 Å². The van der Waals surface area contributed by atoms with Crippen LogP contribution >= 0.6 is 31.9 Å². The van der Waals surface area contributed by atoms with Crippen molar-refractivity contribution in [3.8, 4) is 11.5 Å². The van der Waals surface area contributed by atoms with Crippen molar-refractivity contribution in [2.24, 2.45) is 0 Å². The van der Waals surface area contributed by atoms with Gasteiger partial charge in [-0.05, 0) is 37.9 Å². The molecule has 1 aromatic rings. The van der Waals surface area contributed by atoms with Crippen LogP contribution in [-0.4, -0.2) is 10.2 Å². The van der Waals surface area contributed by atoms with E-state index in [1.807, 2.05) is 0 Å². The van der Waals surface area contributed by atoms with Crippen LogP contribution in [0.1, 0.15) is 0 Å². The van der Waals surface area contributed by atoms with Gasteiger partial charge in [0.2, 0.25) is 0 Å². The van der Waals surface area contributed by atoms with Gasteiger partial charge < -0.3 is 10.2 Å². The van der Waals surface area contributed by atoms with Crippen LogP contribution in [-0.2, 0) is 0 Å². The van der Waals surface area contributed by atoms with Crippen molar-refractivity contribution in [2.75, 3.05) is 0 Å². The molecule has 0 atom stereocenters. The van der Waals surface area contributed by atoms with Gasteiger partial charge in [0.05, 0.1) is 4.47 Å². The van der Waals surface area contributed by atoms with Crippen molar-refractivity contribution in [3.05, 3.63) is 20.8 Å². The van der Waals surface area contributed by atoms with Crippen molar-refractivity contribution in [1.29, 1.82) is 0 Å². The summed E-state index contributed by atoms with van der Waals surface area (Å²) in [7, 11) is 0. The van der Waals surface area contributed by atoms with E-state index >= 15 is 0 Å². The molecule has 2 N–H and O–H groups in total. The Kier molecular flexibility index (Phi) is 2.39. The Bertz CT molecular complexity index is 275. The zero-order valence-electron chi connectivity index (χ0n) is 5.11. The SMILES string of the molecule is Oc1cc(Br)c(Br)c(F)c1O. The molecule has 0 unspecified atom stereocenters. The van der Waals surface area contributed by atoms with Crippen molar-refractivity contribution in [3.63, 3.8) is 0 Å². The number of phenolic OH excluding ortho intramolecular Hbond substituents is 2. The lowest BCUT2D eigenvalue weighted by molar-refractivity contribution is 0.377. The highest BCUT2D eigenvalue weighted by atomic mass is 79.9. The molecule has 0 bridgehead atoms. The number of hydrogen-bond acceptors (Lipinski definition) is 2. The molecule has 60 valence electrons. The second kappa shape index (κ2) is 2.98. The minimum Gasteiger partial charge on any atom is -0.504 e. The first-order chi connectivity index (χ1) is 5.04. The lowest BCUT2D eigenvalue weighted by Gasteiger charge is -2.02. The molecule has 0 heterocycles. The summed E-state index contributed by atoms with van der Waals surface area (Å²) < 4.78 is 13.2. The van der Waals surface area contributed by atoms with E-state index in [1.54, 1.807) is 0 Å². The molecule has 0 saturated carbocycles. The maximum atomic E-state index is 12.8. The van der Waals surface area contributed by atoms with Crippen LogP contribution in [0.3, 0.4) is 0 Å². The van der Waals surface area contributed by atoms with E-state index < -0.39 is 17.3 Å². The molecule has 11 heavy (non-hydrogen) atoms. The summed E-state index contributed by atoms with van der Waals surface area (Å²) in [6, 6.07) is 1.20. The Balaban J connectivity index is 3.46. The Hall–Kier alpha value is -0.290. The number of phenols is 2. The Morgan fingerprint density at radius 2 is 1.82 bits per heavy atom. The van der Waals surface area contributed by atoms with Crippen molar-refractivity contribution in [1.82, 2.24) is 0 Å². The van der Waals surface area contributed by atoms with Crippen LogP contribution in [0.2, 0.25) is 0 Å². The van der Waals surface area contributed by atoms with Crippen molar-refractivity contribution >= 4 is 31.9 Å². The summed E-state index contributed by atoms with van der Waals surface area (Å²) in [6.45, 7) is 0. The van der Waals surface area contributed by atoms with Crippen LogP contribution < -0.4 is 0 Å². The Labute approximate surface area is 78.9 Å². The van der Waals surface area contributed by atoms with Crippen LogP contribution in [0, 0.1) is 5.82 Å². The number of benzene rings is 1. The third kappa shape index (κ3) is 1.49. The van der Waals surface area contributed by atoms with Gasteiger partial charge in [-0.1, -0.05) is 0 Å². The standard InChI is InChI=1S/C6H3Br2FO2/c7-2-1-3(10)6(11)5(9)4(2)8/h1,10-11H. The van der Waals surface area contributed by atoms with Crippen LogP contribution in [0.15, 0.2) is 15.0 Å². The Morgan fingerprint density at radius 3 is 2.36 bits per heavy atom. The van der Waals surface area contributed by atoms with Gasteiger partial charge in [0.1, 0.15) is 0 Å². The molecule has 0 aliphatic heterocycles. The second-order valence-corrected chi connectivity index (χ2v) is 3.50. The zero-order chi connectivity index (χ0) is 8.59. The first-order valence-corrected chi connectivity index (χ1v) is 4.18. The van der Waals surface area contributed by atoms with E-state index in [0.29, 0.717) is 4.47 Å². The summed E-state index contributed by atoms with van der Waals surface area (Å²) in [5, 5.41) is 17.7. The predicted octanol–water partition coefficient (Wildman–Crippen LogP) is 2.76. The molecule has 0 fully saturated rings. The molecule has 5 heteroatoms. The number of halogens is 3. The highest BCUT2D eigenvalue weighted by molar-refractivity contribution is 9.13. The summed E-state index contributed by atoms with van der Waals surface area (Å²) in [5.41, 5.74) is 0. The third-order valence-corrected chi connectivity index (χ3v) is 3.05. The molecule has 2 nitrogen and oxygen atoms in total. The fraction of sp³-hybridized carbons (Fsp3) is 0. The third-order valence-electron chi connectivity index (χ3n) is 1.12. The van der Waals surface area contributed by atoms with Crippen LogP contribution in [0.4, 0.5) is 4.39 Å². The molecule has 0 amide bonds. The van der Waals surface area contributed by atoms with Gasteiger partial charge in [0.15, 0.2) is 17.3 Å². The van der Waals surface area contributed by atoms with Crippen molar-refractivity contribution < 1.29 is 14.6 Å². The quantitative estimate of drug-likeness (QED) is 0.568. The molecule has 0 aromatic heterocycles. The molecular formula is C6H3Br2FO2. The van der Waals surface area contributed by atoms with Gasteiger partial charge in [0.25, 0.3) is 0 Å². The van der Waals surface area contributed by atoms with E-state index in [-0.39, 0.29) is 4.47 Å². The topological polar surface area (TPSA) is 40.5 Å². The molecule has 0 spiro atoms. The van der Waals surface area contributed by atoms with Gasteiger partial charge in [-0.15, -0.1) is 0 Å². The largest absolute Gasteiger partial charge is 0.504 e. The number of rotatable bonds is 0. The van der Waals surface area contributed by atoms with Gasteiger partial charge in [-0.2, -0.15) is 0 Å². The molecule has 0 aliphatic rings. The minimum absolute atomic E-state index is 0.0906. The Morgan fingerprint density at radius 1 is 1.27 bits per heavy atom. The maximum Gasteiger partial charge on any atom is 0.195 e. The number of hydrogen-bond donors (Lipinski definition) is 2. The minimum atomic E-state index is -0.878. The summed E-state index contributed by atoms with van der Waals surface area (Å²) >= 11 is 5.84. The predicted molar refractivity (Wildman–Crippen MR) is 45.1 cm³/mol. The smallest absolute Gasteiger partial charge is 0.195 e. The van der Waals surface area contributed by atoms with Gasteiger partial charge in [-0.3, -0.25) is 0 Å². The zero-order valence-corrected chi connectivity index (χ0v) is 8.28. The first kappa shape index (κ1) is 8.80. The van der Waals surface area contributed by atoms with Gasteiger partial charge >= 0.3 is 0 Å². The van der Waals surface area contributed by atoms with Crippen LogP contribution in [0.5, 0.6) is 11.5 Å². The maximum absolute atomic E-state index is 12.8. The van der Waals surface area contributed by atoms with E-state index in [9.17, 15) is 4.39 Å². The average Bonchev–Trinajstić information content (AvgIpc) is 1.97. The summed E-state index contributed by atoms with van der Waals surface area (Å²) in [6.07, 6.45) is 0. The monoisotopic (exact) mass is 284 g/mol. The van der Waals surface area contributed by atoms with E-state index in [2.05, 4.69) is 31.9 Å². The van der Waals surface area contributed by atoms with E-state index in [0.717, 1.165) is 0 Å². The second-order valence-electron chi connectivity index (χ2n) is 1.85. The highest BCUT2D eigenvalue weighted by Crippen LogP contribution is 2.38. The van der Waals surface area contributed by atoms with Gasteiger partial charge in [-0.25, -0.2) is 4.39 Å². The fourth-order valence-corrected chi connectivity index (χ4v) is 1.27. The lowest BCUT2D eigenvalue weighted by atomic mass is 10.3. The highest BCUT2D eigenvalue weighted by Gasteiger charge is 2.13. The number of aromatic hydroxyl groups is 2. The van der Waals surface area contributed by atoms with E-state index in [4.69, 9.17) is 10.2 Å². The lowest BCUT2D eigenvalue weighted by Crippen LogP contribution is -1.81. The fourth-order valence-electron chi connectivity index (χ4n) is 0.573. The summed E-state index contributed by atoms with van der Waals surface area (Å²) in [5.74, 6) is -2.12. The van der Waals surface area contributed by atoms with Crippen LogP contribution in [0.25, 0.3) is 0 Å². The molecular weight excluding hydrogens is 283 g/mol. The molecule has 0 aliphatic carbocycles. The molecule has 1 aromatic carbocycles. The molecule has 0 radical (unpaired) electrons. The van der Waals surface area contributed by atoms with Crippen molar-refractivity contribution in [2.45, 2.75) is 0 Å². The molecule has 1 rings (SSSR count). The summed E-state index contributed by atoms with van der Waals surface area (Å²) in [4.78, 5) is 0. The normalized spacial score (nSPS) is 10.1. The first-order valence-electron chi connectivity index (χ1n) is 2.59.